The van der Waals surface area contributed by atoms with E-state index in [9.17, 15) is 0 Å². The maximum atomic E-state index is 7.52. The van der Waals surface area contributed by atoms with E-state index < -0.39 is 0 Å². The molecule has 4 aliphatic rings. The zero-order valence-electron chi connectivity index (χ0n) is 48.3. The van der Waals surface area contributed by atoms with Gasteiger partial charge in [-0.25, -0.2) is 4.98 Å². The summed E-state index contributed by atoms with van der Waals surface area (Å²) in [5.74, 6) is 0.919. The summed E-state index contributed by atoms with van der Waals surface area (Å²) in [7, 11) is 0. The summed E-state index contributed by atoms with van der Waals surface area (Å²) in [5.41, 5.74) is 27.8. The third kappa shape index (κ3) is 6.34. The molecular weight excluding hydrogens is 972 g/mol. The van der Waals surface area contributed by atoms with Crippen molar-refractivity contribution in [2.75, 3.05) is 4.81 Å². The zero-order chi connectivity index (χ0) is 54.9. The molecule has 9 aromatic carbocycles. The van der Waals surface area contributed by atoms with Crippen LogP contribution in [0.1, 0.15) is 129 Å². The molecule has 0 atom stereocenters. The van der Waals surface area contributed by atoms with Gasteiger partial charge in [0.1, 0.15) is 17.0 Å². The van der Waals surface area contributed by atoms with Gasteiger partial charge < -0.3 is 13.8 Å². The Hall–Kier alpha value is -8.09. The van der Waals surface area contributed by atoms with Gasteiger partial charge in [-0.2, -0.15) is 0 Å². The van der Waals surface area contributed by atoms with Gasteiger partial charge in [0.25, 0.3) is 0 Å². The highest BCUT2D eigenvalue weighted by Crippen LogP contribution is 2.59. The minimum Gasteiger partial charge on any atom is -0.455 e. The Labute approximate surface area is 470 Å². The normalized spacial score (nSPS) is 16.4. The number of fused-ring (bicyclic) bond motifs is 18. The van der Waals surface area contributed by atoms with E-state index in [-0.39, 0.29) is 33.9 Å². The van der Waals surface area contributed by atoms with Crippen molar-refractivity contribution in [3.8, 4) is 45.0 Å². The van der Waals surface area contributed by atoms with Gasteiger partial charge in [0.05, 0.1) is 22.1 Å². The molecule has 0 spiro atoms. The lowest BCUT2D eigenvalue weighted by Crippen LogP contribution is -2.60. The van der Waals surface area contributed by atoms with Crippen LogP contribution in [0.3, 0.4) is 0 Å². The number of imidazole rings is 1. The van der Waals surface area contributed by atoms with Crippen molar-refractivity contribution in [2.24, 2.45) is 0 Å². The van der Waals surface area contributed by atoms with Crippen molar-refractivity contribution in [3.63, 3.8) is 0 Å². The van der Waals surface area contributed by atoms with E-state index in [2.05, 4.69) is 261 Å². The van der Waals surface area contributed by atoms with Gasteiger partial charge in [-0.05, 0) is 163 Å². The van der Waals surface area contributed by atoms with Crippen molar-refractivity contribution >= 4 is 83.9 Å². The lowest BCUT2D eigenvalue weighted by Gasteiger charge is -2.42. The summed E-state index contributed by atoms with van der Waals surface area (Å²) in [4.78, 5) is 8.41. The SMILES string of the molecule is CC(C)(C)c1ccc(N2B3c4cc5nc(-c6ccccc6)n(-c6ccccc6)c5cc4-n4c5ccc(C(C)(C)C)cc5c5c6c(oc7ccccc76)c(c3c54)-c3cc4c(cc32)-c2cc3c(cc2C4(C)C)C(C)(C)CCC3(C)C)cc1. The lowest BCUT2D eigenvalue weighted by atomic mass is 9.43. The molecule has 2 aliphatic carbocycles. The second kappa shape index (κ2) is 15.6. The van der Waals surface area contributed by atoms with Crippen LogP contribution in [0.2, 0.25) is 0 Å². The van der Waals surface area contributed by atoms with Crippen LogP contribution in [0.15, 0.2) is 168 Å². The molecule has 0 saturated carbocycles. The summed E-state index contributed by atoms with van der Waals surface area (Å²) >= 11 is 0. The van der Waals surface area contributed by atoms with Crippen LogP contribution in [0.25, 0.3) is 99.8 Å². The van der Waals surface area contributed by atoms with E-state index in [1.54, 1.807) is 0 Å². The standard InChI is InChI=1S/C74H67BN4O/c1-70(2,3)43-27-30-46(31-28-43)79-59-38-49-48-36-54-55(73(9,10)34-33-72(54,7)8)39-53(48)74(11,12)52(49)37-51(59)65-66-67-63(64-47-25-19-20-26-62(47)80-68(64)65)50-35-44(71(4,5)6)29-32-58(50)78(67)60-41-61-57(40-56(60)75(66)79)76-69(42-21-15-13-16-22-42)77(61)45-23-17-14-18-24-45/h13-32,35-41H,33-34H2,1-12H3. The number of rotatable bonds is 3. The molecule has 0 radical (unpaired) electrons. The van der Waals surface area contributed by atoms with Crippen LogP contribution in [-0.2, 0) is 27.1 Å². The fraction of sp³-hybridized carbons (Fsp3) is 0.257. The molecule has 5 heterocycles. The monoisotopic (exact) mass is 1040 g/mol. The molecule has 392 valence electrons. The van der Waals surface area contributed by atoms with Gasteiger partial charge in [-0.15, -0.1) is 0 Å². The molecule has 0 bridgehead atoms. The number of nitrogens with zero attached hydrogens (tertiary/aromatic N) is 4. The fourth-order valence-electron chi connectivity index (χ4n) is 15.1. The highest BCUT2D eigenvalue weighted by Gasteiger charge is 2.49. The van der Waals surface area contributed by atoms with Crippen molar-refractivity contribution in [1.82, 2.24) is 14.1 Å². The van der Waals surface area contributed by atoms with Gasteiger partial charge in [0, 0.05) is 66.4 Å². The number of aromatic nitrogens is 3. The predicted octanol–water partition coefficient (Wildman–Crippen LogP) is 18.2. The first-order valence-electron chi connectivity index (χ1n) is 29.1. The van der Waals surface area contributed by atoms with Crippen molar-refractivity contribution in [3.05, 3.63) is 197 Å². The predicted molar refractivity (Wildman–Crippen MR) is 337 cm³/mol. The van der Waals surface area contributed by atoms with E-state index >= 15 is 0 Å². The second-order valence-electron chi connectivity index (χ2n) is 27.8. The van der Waals surface area contributed by atoms with Crippen LogP contribution in [-0.4, -0.2) is 21.0 Å². The van der Waals surface area contributed by atoms with Crippen molar-refractivity contribution in [2.45, 2.75) is 123 Å². The number of furan rings is 1. The number of hydrogen-bond acceptors (Lipinski definition) is 3. The van der Waals surface area contributed by atoms with E-state index in [4.69, 9.17) is 9.40 Å². The van der Waals surface area contributed by atoms with Crippen molar-refractivity contribution < 1.29 is 4.42 Å². The van der Waals surface area contributed by atoms with Crippen LogP contribution in [0.5, 0.6) is 0 Å². The Morgan fingerprint density at radius 2 is 1.14 bits per heavy atom. The first-order chi connectivity index (χ1) is 38.2. The molecule has 12 aromatic rings. The van der Waals surface area contributed by atoms with Crippen molar-refractivity contribution in [1.29, 1.82) is 0 Å². The number of para-hydroxylation sites is 2. The van der Waals surface area contributed by atoms with Gasteiger partial charge >= 0.3 is 6.85 Å². The molecule has 0 unspecified atom stereocenters. The number of hydrogen-bond donors (Lipinski definition) is 0. The van der Waals surface area contributed by atoms with Crippen LogP contribution in [0.4, 0.5) is 11.4 Å². The zero-order valence-corrected chi connectivity index (χ0v) is 48.3. The van der Waals surface area contributed by atoms with E-state index in [0.29, 0.717) is 0 Å². The minimum atomic E-state index is -0.270. The Morgan fingerprint density at radius 3 is 1.85 bits per heavy atom. The Bertz CT molecular complexity index is 4680. The molecular formula is C74H67BN4O. The lowest BCUT2D eigenvalue weighted by molar-refractivity contribution is 0.331. The summed E-state index contributed by atoms with van der Waals surface area (Å²) in [5, 5.41) is 4.82. The topological polar surface area (TPSA) is 39.1 Å². The molecule has 6 heteroatoms. The van der Waals surface area contributed by atoms with E-state index in [1.165, 1.54) is 112 Å². The van der Waals surface area contributed by atoms with Gasteiger partial charge in [-0.3, -0.25) is 4.57 Å². The summed E-state index contributed by atoms with van der Waals surface area (Å²) in [6.07, 6.45) is 2.35. The van der Waals surface area contributed by atoms with Gasteiger partial charge in [0.2, 0.25) is 0 Å². The highest BCUT2D eigenvalue weighted by atomic mass is 16.3. The van der Waals surface area contributed by atoms with Crippen LogP contribution < -0.4 is 15.7 Å². The average Bonchev–Trinajstić information content (AvgIpc) is 1.91. The molecule has 0 fully saturated rings. The van der Waals surface area contributed by atoms with Gasteiger partial charge in [-0.1, -0.05) is 174 Å². The Balaban J connectivity index is 1.10. The Morgan fingerprint density at radius 1 is 0.512 bits per heavy atom. The quantitative estimate of drug-likeness (QED) is 0.166. The molecule has 80 heavy (non-hydrogen) atoms. The fourth-order valence-corrected chi connectivity index (χ4v) is 15.1. The summed E-state index contributed by atoms with van der Waals surface area (Å²) in [6, 6.07) is 62.5. The number of benzene rings is 9. The van der Waals surface area contributed by atoms with E-state index in [1.807, 2.05) is 0 Å². The second-order valence-corrected chi connectivity index (χ2v) is 27.8. The maximum Gasteiger partial charge on any atom is 0.333 e. The Kier molecular flexibility index (Phi) is 9.35. The first-order valence-corrected chi connectivity index (χ1v) is 29.1. The summed E-state index contributed by atoms with van der Waals surface area (Å²) in [6.45, 7) is 28.5. The third-order valence-electron chi connectivity index (χ3n) is 19.7. The first kappa shape index (κ1) is 47.9. The van der Waals surface area contributed by atoms with E-state index in [0.717, 1.165) is 56.0 Å². The largest absolute Gasteiger partial charge is 0.455 e. The molecule has 2 aliphatic heterocycles. The molecule has 3 aromatic heterocycles. The minimum absolute atomic E-state index is 0.0223. The maximum absolute atomic E-state index is 7.52. The molecule has 5 nitrogen and oxygen atoms in total. The average molecular weight is 1040 g/mol. The molecule has 16 rings (SSSR count). The number of anilines is 2. The highest BCUT2D eigenvalue weighted by molar-refractivity contribution is 6.94. The van der Waals surface area contributed by atoms with Crippen LogP contribution >= 0.6 is 0 Å². The van der Waals surface area contributed by atoms with Crippen LogP contribution in [0, 0.1) is 0 Å². The smallest absolute Gasteiger partial charge is 0.333 e. The molecule has 0 saturated heterocycles. The molecule has 0 amide bonds. The van der Waals surface area contributed by atoms with Gasteiger partial charge in [0.15, 0.2) is 0 Å². The molecule has 0 N–H and O–H groups in total. The summed E-state index contributed by atoms with van der Waals surface area (Å²) < 4.78 is 12.5. The third-order valence-corrected chi connectivity index (χ3v) is 19.7.